The summed E-state index contributed by atoms with van der Waals surface area (Å²) in [6.07, 6.45) is 4.25. The largest absolute Gasteiger partial charge is 0.459 e. The van der Waals surface area contributed by atoms with E-state index in [0.717, 1.165) is 36.1 Å². The summed E-state index contributed by atoms with van der Waals surface area (Å²) in [5.41, 5.74) is 3.61. The van der Waals surface area contributed by atoms with Gasteiger partial charge in [-0.2, -0.15) is 0 Å². The van der Waals surface area contributed by atoms with E-state index >= 15 is 0 Å². The molecule has 0 fully saturated rings. The van der Waals surface area contributed by atoms with Crippen LogP contribution in [0.25, 0.3) is 0 Å². The maximum Gasteiger partial charge on any atom is 0.291 e. The molecule has 162 valence electrons. The first-order valence-electron chi connectivity index (χ1n) is 10.6. The maximum absolute atomic E-state index is 13.4. The third kappa shape index (κ3) is 4.44. The van der Waals surface area contributed by atoms with Gasteiger partial charge in [0.05, 0.1) is 11.8 Å². The summed E-state index contributed by atoms with van der Waals surface area (Å²) in [6, 6.07) is 11.0. The van der Waals surface area contributed by atoms with Gasteiger partial charge in [0, 0.05) is 10.6 Å². The van der Waals surface area contributed by atoms with Crippen LogP contribution in [0.5, 0.6) is 0 Å². The van der Waals surface area contributed by atoms with Crippen LogP contribution in [0.2, 0.25) is 0 Å². The Kier molecular flexibility index (Phi) is 5.75. The third-order valence-electron chi connectivity index (χ3n) is 6.08. The molecule has 2 aromatic heterocycles. The summed E-state index contributed by atoms with van der Waals surface area (Å²) >= 11 is 1.52. The van der Waals surface area contributed by atoms with Crippen LogP contribution in [0.4, 0.5) is 10.7 Å². The molecule has 0 radical (unpaired) electrons. The Morgan fingerprint density at radius 3 is 2.52 bits per heavy atom. The van der Waals surface area contributed by atoms with Gasteiger partial charge in [0.25, 0.3) is 11.8 Å². The quantitative estimate of drug-likeness (QED) is 0.504. The Morgan fingerprint density at radius 2 is 1.84 bits per heavy atom. The molecular weight excluding hydrogens is 408 g/mol. The molecule has 0 aliphatic heterocycles. The van der Waals surface area contributed by atoms with E-state index in [-0.39, 0.29) is 23.0 Å². The molecule has 0 spiro atoms. The average molecular weight is 437 g/mol. The second-order valence-corrected chi connectivity index (χ2v) is 10.3. The maximum atomic E-state index is 13.4. The first-order valence-corrected chi connectivity index (χ1v) is 11.4. The zero-order chi connectivity index (χ0) is 22.2. The molecule has 1 aliphatic carbocycles. The SMILES string of the molecule is Cc1ccccc1NC(=O)c1c(NC(=O)c2ccco2)sc2c1CC[C@H](C(C)(C)C)C2. The van der Waals surface area contributed by atoms with E-state index in [9.17, 15) is 9.59 Å². The van der Waals surface area contributed by atoms with Gasteiger partial charge in [-0.3, -0.25) is 9.59 Å². The number of aryl methyl sites for hydroxylation is 1. The lowest BCUT2D eigenvalue weighted by Crippen LogP contribution is -2.27. The number of hydrogen-bond acceptors (Lipinski definition) is 4. The Hall–Kier alpha value is -2.86. The number of furan rings is 1. The lowest BCUT2D eigenvalue weighted by molar-refractivity contribution is 0.0997. The van der Waals surface area contributed by atoms with Crippen molar-refractivity contribution in [1.29, 1.82) is 0 Å². The molecule has 2 N–H and O–H groups in total. The van der Waals surface area contributed by atoms with Crippen LogP contribution >= 0.6 is 11.3 Å². The molecular formula is C25H28N2O3S. The van der Waals surface area contributed by atoms with Crippen molar-refractivity contribution < 1.29 is 14.0 Å². The number of amides is 2. The predicted molar refractivity (Wildman–Crippen MR) is 125 cm³/mol. The molecule has 3 aromatic rings. The number of carbonyl (C=O) groups is 2. The van der Waals surface area contributed by atoms with Gasteiger partial charge in [0.1, 0.15) is 5.00 Å². The lowest BCUT2D eigenvalue weighted by Gasteiger charge is -2.33. The van der Waals surface area contributed by atoms with Gasteiger partial charge in [-0.1, -0.05) is 39.0 Å². The summed E-state index contributed by atoms with van der Waals surface area (Å²) in [5.74, 6) is 0.236. The van der Waals surface area contributed by atoms with Crippen LogP contribution in [0.1, 0.15) is 64.1 Å². The van der Waals surface area contributed by atoms with E-state index in [4.69, 9.17) is 4.42 Å². The standard InChI is InChI=1S/C25H28N2O3S/c1-15-8-5-6-9-18(15)26-23(29)21-17-12-11-16(25(2,3)4)14-20(17)31-24(21)27-22(28)19-10-7-13-30-19/h5-10,13,16H,11-12,14H2,1-4H3,(H,26,29)(H,27,28)/t16-/m0/s1. The van der Waals surface area contributed by atoms with Crippen LogP contribution in [-0.4, -0.2) is 11.8 Å². The van der Waals surface area contributed by atoms with E-state index in [1.54, 1.807) is 12.1 Å². The number of benzene rings is 1. The molecule has 1 aromatic carbocycles. The van der Waals surface area contributed by atoms with Crippen LogP contribution < -0.4 is 10.6 Å². The van der Waals surface area contributed by atoms with Gasteiger partial charge >= 0.3 is 0 Å². The minimum Gasteiger partial charge on any atom is -0.459 e. The third-order valence-corrected chi connectivity index (χ3v) is 7.25. The van der Waals surface area contributed by atoms with Crippen molar-refractivity contribution in [2.75, 3.05) is 10.6 Å². The van der Waals surface area contributed by atoms with E-state index in [1.807, 2.05) is 31.2 Å². The normalized spacial score (nSPS) is 15.9. The fourth-order valence-electron chi connectivity index (χ4n) is 4.12. The molecule has 6 heteroatoms. The number of carbonyl (C=O) groups excluding carboxylic acids is 2. The van der Waals surface area contributed by atoms with E-state index in [0.29, 0.717) is 16.5 Å². The fourth-order valence-corrected chi connectivity index (χ4v) is 5.44. The highest BCUT2D eigenvalue weighted by molar-refractivity contribution is 7.17. The van der Waals surface area contributed by atoms with Crippen LogP contribution in [-0.2, 0) is 12.8 Å². The van der Waals surface area contributed by atoms with Crippen molar-refractivity contribution in [1.82, 2.24) is 0 Å². The predicted octanol–water partition coefficient (Wildman–Crippen LogP) is 6.31. The van der Waals surface area contributed by atoms with Crippen molar-refractivity contribution in [3.63, 3.8) is 0 Å². The van der Waals surface area contributed by atoms with E-state index in [1.165, 1.54) is 22.5 Å². The van der Waals surface area contributed by atoms with Crippen LogP contribution in [0, 0.1) is 18.3 Å². The number of anilines is 2. The molecule has 0 saturated carbocycles. The van der Waals surface area contributed by atoms with Crippen LogP contribution in [0.15, 0.2) is 47.1 Å². The first kappa shape index (κ1) is 21.4. The summed E-state index contributed by atoms with van der Waals surface area (Å²) in [5, 5.41) is 6.57. The fraction of sp³-hybridized carbons (Fsp3) is 0.360. The van der Waals surface area contributed by atoms with Crippen molar-refractivity contribution in [3.8, 4) is 0 Å². The van der Waals surface area contributed by atoms with Gasteiger partial charge in [-0.05, 0) is 66.8 Å². The number of rotatable bonds is 4. The van der Waals surface area contributed by atoms with E-state index < -0.39 is 0 Å². The summed E-state index contributed by atoms with van der Waals surface area (Å²) in [7, 11) is 0. The molecule has 2 amide bonds. The summed E-state index contributed by atoms with van der Waals surface area (Å²) in [6.45, 7) is 8.76. The molecule has 31 heavy (non-hydrogen) atoms. The zero-order valence-electron chi connectivity index (χ0n) is 18.4. The van der Waals surface area contributed by atoms with Crippen LogP contribution in [0.3, 0.4) is 0 Å². The number of fused-ring (bicyclic) bond motifs is 1. The molecule has 5 nitrogen and oxygen atoms in total. The number of para-hydroxylation sites is 1. The monoisotopic (exact) mass is 436 g/mol. The second kappa shape index (κ2) is 8.35. The average Bonchev–Trinajstić information content (AvgIpc) is 3.36. The number of nitrogens with one attached hydrogen (secondary N) is 2. The number of thiophene rings is 1. The topological polar surface area (TPSA) is 71.3 Å². The molecule has 0 unspecified atom stereocenters. The summed E-state index contributed by atoms with van der Waals surface area (Å²) < 4.78 is 5.24. The highest BCUT2D eigenvalue weighted by Crippen LogP contribution is 2.44. The Labute approximate surface area is 186 Å². The zero-order valence-corrected chi connectivity index (χ0v) is 19.2. The molecule has 1 atom stereocenters. The molecule has 4 rings (SSSR count). The molecule has 0 bridgehead atoms. The van der Waals surface area contributed by atoms with E-state index in [2.05, 4.69) is 31.4 Å². The minimum absolute atomic E-state index is 0.184. The lowest BCUT2D eigenvalue weighted by atomic mass is 9.72. The number of hydrogen-bond donors (Lipinski definition) is 2. The Balaban J connectivity index is 1.69. The van der Waals surface area contributed by atoms with Crippen molar-refractivity contribution >= 4 is 33.8 Å². The molecule has 0 saturated heterocycles. The van der Waals surface area contributed by atoms with Crippen molar-refractivity contribution in [2.45, 2.75) is 47.0 Å². The van der Waals surface area contributed by atoms with Gasteiger partial charge < -0.3 is 15.1 Å². The Bertz CT molecular complexity index is 1110. The highest BCUT2D eigenvalue weighted by Gasteiger charge is 2.34. The van der Waals surface area contributed by atoms with Gasteiger partial charge in [-0.15, -0.1) is 11.3 Å². The van der Waals surface area contributed by atoms with Gasteiger partial charge in [-0.25, -0.2) is 0 Å². The second-order valence-electron chi connectivity index (χ2n) is 9.21. The van der Waals surface area contributed by atoms with Gasteiger partial charge in [0.15, 0.2) is 5.76 Å². The molecule has 1 aliphatic rings. The first-order chi connectivity index (χ1) is 14.7. The molecule has 2 heterocycles. The van der Waals surface area contributed by atoms with Crippen molar-refractivity contribution in [2.24, 2.45) is 11.3 Å². The van der Waals surface area contributed by atoms with Gasteiger partial charge in [0.2, 0.25) is 0 Å². The smallest absolute Gasteiger partial charge is 0.291 e. The van der Waals surface area contributed by atoms with Crippen molar-refractivity contribution in [3.05, 3.63) is 70.0 Å². The summed E-state index contributed by atoms with van der Waals surface area (Å²) in [4.78, 5) is 27.2. The highest BCUT2D eigenvalue weighted by atomic mass is 32.1. The minimum atomic E-state index is -0.346. The Morgan fingerprint density at radius 1 is 1.06 bits per heavy atom.